The van der Waals surface area contributed by atoms with Crippen molar-refractivity contribution >= 4 is 16.3 Å². The van der Waals surface area contributed by atoms with Gasteiger partial charge in [0, 0.05) is 12.1 Å². The molecule has 0 aliphatic carbocycles. The average Bonchev–Trinajstić information content (AvgIpc) is 2.95. The van der Waals surface area contributed by atoms with Crippen LogP contribution >= 0.6 is 0 Å². The van der Waals surface area contributed by atoms with E-state index in [-0.39, 0.29) is 22.9 Å². The van der Waals surface area contributed by atoms with Crippen LogP contribution in [0.2, 0.25) is 0 Å². The molecule has 100 valence electrons. The zero-order valence-corrected chi connectivity index (χ0v) is 11.3. The third-order valence-corrected chi connectivity index (χ3v) is 5.37. The molecule has 2 heterocycles. The molecule has 1 aromatic rings. The van der Waals surface area contributed by atoms with E-state index < -0.39 is 10.0 Å². The van der Waals surface area contributed by atoms with Crippen LogP contribution in [0.25, 0.3) is 0 Å². The third-order valence-electron chi connectivity index (χ3n) is 3.43. The number of rotatable bonds is 4. The molecule has 0 amide bonds. The highest BCUT2D eigenvalue weighted by atomic mass is 32.2. The fraction of sp³-hybridized carbons (Fsp3) is 0.583. The molecule has 0 radical (unpaired) electrons. The molecule has 0 spiro atoms. The maximum Gasteiger partial charge on any atom is 0.276 e. The van der Waals surface area contributed by atoms with Crippen molar-refractivity contribution < 1.29 is 17.6 Å². The number of hydrogen-bond acceptors (Lipinski definition) is 4. The predicted molar refractivity (Wildman–Crippen MR) is 65.9 cm³/mol. The molecule has 6 heteroatoms. The summed E-state index contributed by atoms with van der Waals surface area (Å²) >= 11 is 0. The van der Waals surface area contributed by atoms with Gasteiger partial charge in [-0.2, -0.15) is 4.31 Å². The Kier molecular flexibility index (Phi) is 3.59. The molecular weight excluding hydrogens is 254 g/mol. The summed E-state index contributed by atoms with van der Waals surface area (Å²) < 4.78 is 31.5. The third kappa shape index (κ3) is 2.10. The largest absolute Gasteiger partial charge is 0.440 e. The first-order valence-corrected chi connectivity index (χ1v) is 7.53. The molecule has 18 heavy (non-hydrogen) atoms. The van der Waals surface area contributed by atoms with Crippen LogP contribution in [0.15, 0.2) is 21.6 Å². The van der Waals surface area contributed by atoms with Crippen molar-refractivity contribution in [2.45, 2.75) is 50.3 Å². The molecule has 2 unspecified atom stereocenters. The van der Waals surface area contributed by atoms with Crippen molar-refractivity contribution in [3.63, 3.8) is 0 Å². The lowest BCUT2D eigenvalue weighted by atomic mass is 10.2. The van der Waals surface area contributed by atoms with E-state index in [4.69, 9.17) is 4.42 Å². The van der Waals surface area contributed by atoms with Crippen molar-refractivity contribution in [2.75, 3.05) is 0 Å². The Bertz CT molecular complexity index is 534. The molecule has 1 fully saturated rings. The van der Waals surface area contributed by atoms with Gasteiger partial charge in [0.1, 0.15) is 0 Å². The van der Waals surface area contributed by atoms with Crippen LogP contribution in [0.1, 0.15) is 43.7 Å². The van der Waals surface area contributed by atoms with Crippen LogP contribution < -0.4 is 0 Å². The maximum absolute atomic E-state index is 12.5. The van der Waals surface area contributed by atoms with E-state index in [9.17, 15) is 13.2 Å². The van der Waals surface area contributed by atoms with Crippen molar-refractivity contribution in [3.05, 3.63) is 17.9 Å². The number of sulfonamides is 1. The Labute approximate surface area is 107 Å². The molecule has 1 aliphatic heterocycles. The Balaban J connectivity index is 2.38. The first-order valence-electron chi connectivity index (χ1n) is 6.09. The number of carbonyl (C=O) groups is 1. The Hall–Kier alpha value is -1.14. The molecule has 1 saturated heterocycles. The molecule has 0 aromatic carbocycles. The maximum atomic E-state index is 12.5. The van der Waals surface area contributed by atoms with Gasteiger partial charge in [0.25, 0.3) is 10.0 Å². The average molecular weight is 271 g/mol. The highest BCUT2D eigenvalue weighted by Crippen LogP contribution is 2.32. The SMILES string of the molecule is CCC1CCC(C)N1S(=O)(=O)c1ccc(C=O)o1. The number of furan rings is 1. The first-order chi connectivity index (χ1) is 8.50. The standard InChI is InChI=1S/C12H17NO4S/c1-3-10-5-4-9(2)13(10)18(15,16)12-7-6-11(8-14)17-12/h6-10H,3-5H2,1-2H3. The topological polar surface area (TPSA) is 67.6 Å². The molecular formula is C12H17NO4S. The van der Waals surface area contributed by atoms with Gasteiger partial charge in [-0.05, 0) is 38.3 Å². The van der Waals surface area contributed by atoms with E-state index in [2.05, 4.69) is 0 Å². The van der Waals surface area contributed by atoms with Crippen molar-refractivity contribution in [1.29, 1.82) is 0 Å². The Morgan fingerprint density at radius 2 is 2.17 bits per heavy atom. The summed E-state index contributed by atoms with van der Waals surface area (Å²) in [6, 6.07) is 2.72. The molecule has 1 aliphatic rings. The minimum atomic E-state index is -3.63. The normalized spacial score (nSPS) is 25.4. The van der Waals surface area contributed by atoms with Crippen molar-refractivity contribution in [2.24, 2.45) is 0 Å². The smallest absolute Gasteiger partial charge is 0.276 e. The fourth-order valence-corrected chi connectivity index (χ4v) is 4.38. The number of hydrogen-bond donors (Lipinski definition) is 0. The molecule has 0 N–H and O–H groups in total. The molecule has 0 saturated carbocycles. The van der Waals surface area contributed by atoms with Crippen molar-refractivity contribution in [3.8, 4) is 0 Å². The van der Waals surface area contributed by atoms with E-state index in [0.717, 1.165) is 19.3 Å². The van der Waals surface area contributed by atoms with Crippen LogP contribution in [0, 0.1) is 0 Å². The van der Waals surface area contributed by atoms with E-state index >= 15 is 0 Å². The summed E-state index contributed by atoms with van der Waals surface area (Å²) in [5, 5.41) is -0.142. The van der Waals surface area contributed by atoms with Crippen LogP contribution in [0.5, 0.6) is 0 Å². The minimum Gasteiger partial charge on any atom is -0.440 e. The molecule has 2 atom stereocenters. The van der Waals surface area contributed by atoms with Gasteiger partial charge in [-0.1, -0.05) is 6.92 Å². The second-order valence-electron chi connectivity index (χ2n) is 4.60. The predicted octanol–water partition coefficient (Wildman–Crippen LogP) is 2.04. The van der Waals surface area contributed by atoms with E-state index in [1.165, 1.54) is 16.4 Å². The second kappa shape index (κ2) is 4.85. The summed E-state index contributed by atoms with van der Waals surface area (Å²) in [6.07, 6.45) is 3.02. The monoisotopic (exact) mass is 271 g/mol. The molecule has 1 aromatic heterocycles. The van der Waals surface area contributed by atoms with Gasteiger partial charge in [-0.15, -0.1) is 0 Å². The number of nitrogens with zero attached hydrogens (tertiary/aromatic N) is 1. The van der Waals surface area contributed by atoms with Gasteiger partial charge < -0.3 is 4.42 Å². The lowest BCUT2D eigenvalue weighted by Crippen LogP contribution is -2.39. The Morgan fingerprint density at radius 3 is 2.72 bits per heavy atom. The zero-order chi connectivity index (χ0) is 13.3. The van der Waals surface area contributed by atoms with E-state index in [0.29, 0.717) is 6.29 Å². The van der Waals surface area contributed by atoms with Gasteiger partial charge in [0.15, 0.2) is 12.0 Å². The first kappa shape index (κ1) is 13.3. The van der Waals surface area contributed by atoms with E-state index in [1.807, 2.05) is 13.8 Å². The van der Waals surface area contributed by atoms with Crippen LogP contribution in [0.3, 0.4) is 0 Å². The number of carbonyl (C=O) groups excluding carboxylic acids is 1. The lowest BCUT2D eigenvalue weighted by Gasteiger charge is -2.25. The highest BCUT2D eigenvalue weighted by Gasteiger charge is 2.40. The summed E-state index contributed by atoms with van der Waals surface area (Å²) in [6.45, 7) is 3.88. The number of aldehydes is 1. The van der Waals surface area contributed by atoms with Gasteiger partial charge in [-0.3, -0.25) is 4.79 Å². The van der Waals surface area contributed by atoms with Gasteiger partial charge in [0.05, 0.1) is 0 Å². The van der Waals surface area contributed by atoms with Gasteiger partial charge in [0.2, 0.25) is 5.09 Å². The molecule has 0 bridgehead atoms. The van der Waals surface area contributed by atoms with Crippen molar-refractivity contribution in [1.82, 2.24) is 4.31 Å². The summed E-state index contributed by atoms with van der Waals surface area (Å²) in [5.74, 6) is 0.0356. The molecule has 5 nitrogen and oxygen atoms in total. The van der Waals surface area contributed by atoms with Crippen LogP contribution in [-0.4, -0.2) is 31.1 Å². The summed E-state index contributed by atoms with van der Waals surface area (Å²) in [7, 11) is -3.63. The van der Waals surface area contributed by atoms with Gasteiger partial charge >= 0.3 is 0 Å². The lowest BCUT2D eigenvalue weighted by molar-refractivity contribution is 0.109. The summed E-state index contributed by atoms with van der Waals surface area (Å²) in [4.78, 5) is 10.6. The van der Waals surface area contributed by atoms with Crippen LogP contribution in [-0.2, 0) is 10.0 Å². The second-order valence-corrected chi connectivity index (χ2v) is 6.37. The minimum absolute atomic E-state index is 0.0229. The van der Waals surface area contributed by atoms with Gasteiger partial charge in [-0.25, -0.2) is 8.42 Å². The quantitative estimate of drug-likeness (QED) is 0.786. The fourth-order valence-electron chi connectivity index (χ4n) is 2.51. The molecule has 2 rings (SSSR count). The Morgan fingerprint density at radius 1 is 1.44 bits per heavy atom. The zero-order valence-electron chi connectivity index (χ0n) is 10.5. The van der Waals surface area contributed by atoms with E-state index in [1.54, 1.807) is 0 Å². The highest BCUT2D eigenvalue weighted by molar-refractivity contribution is 7.89. The summed E-state index contributed by atoms with van der Waals surface area (Å²) in [5.41, 5.74) is 0. The van der Waals surface area contributed by atoms with Crippen LogP contribution in [0.4, 0.5) is 0 Å².